The monoisotopic (exact) mass is 690 g/mol. The summed E-state index contributed by atoms with van der Waals surface area (Å²) in [6.45, 7) is 0. The van der Waals surface area contributed by atoms with Crippen LogP contribution in [-0.2, 0) is 0 Å². The van der Waals surface area contributed by atoms with Crippen LogP contribution in [0.1, 0.15) is 0 Å². The number of nitrogens with zero attached hydrogens (tertiary/aromatic N) is 2. The molecule has 2 aromatic heterocycles. The van der Waals surface area contributed by atoms with Crippen molar-refractivity contribution in [3.63, 3.8) is 0 Å². The molecule has 0 fully saturated rings. The molecule has 0 atom stereocenters. The second-order valence-corrected chi connectivity index (χ2v) is 14.7. The average molecular weight is 691 g/mol. The van der Waals surface area contributed by atoms with Crippen molar-refractivity contribution in [3.8, 4) is 44.6 Å². The van der Waals surface area contributed by atoms with Crippen LogP contribution in [0.3, 0.4) is 0 Å². The van der Waals surface area contributed by atoms with Crippen LogP contribution >= 0.6 is 11.3 Å². The molecule has 0 saturated carbocycles. The molecule has 0 bridgehead atoms. The van der Waals surface area contributed by atoms with E-state index in [1.807, 2.05) is 17.5 Å². The fourth-order valence-electron chi connectivity index (χ4n) is 8.23. The van der Waals surface area contributed by atoms with Crippen LogP contribution in [0.25, 0.3) is 108 Å². The minimum atomic E-state index is 0.868. The molecule has 0 spiro atoms. The highest BCUT2D eigenvalue weighted by Crippen LogP contribution is 2.41. The Bertz CT molecular complexity index is 3190. The van der Waals surface area contributed by atoms with Crippen LogP contribution in [0.15, 0.2) is 182 Å². The second-order valence-electron chi connectivity index (χ2n) is 13.7. The molecule has 9 aromatic carbocycles. The van der Waals surface area contributed by atoms with Gasteiger partial charge < -0.3 is 0 Å². The molecule has 0 N–H and O–H groups in total. The van der Waals surface area contributed by atoms with E-state index in [0.717, 1.165) is 38.6 Å². The minimum Gasteiger partial charge on any atom is -0.252 e. The number of aromatic nitrogens is 2. The maximum atomic E-state index is 5.27. The molecule has 3 heteroatoms. The Balaban J connectivity index is 0.985. The molecule has 11 rings (SSSR count). The summed E-state index contributed by atoms with van der Waals surface area (Å²) in [5, 5.41) is 9.77. The summed E-state index contributed by atoms with van der Waals surface area (Å²) in [6.07, 6.45) is 1.93. The summed E-state index contributed by atoms with van der Waals surface area (Å²) in [6, 6.07) is 63.5. The van der Waals surface area contributed by atoms with Crippen molar-refractivity contribution < 1.29 is 0 Å². The van der Waals surface area contributed by atoms with E-state index in [2.05, 4.69) is 176 Å². The van der Waals surface area contributed by atoms with Gasteiger partial charge in [-0.2, -0.15) is 0 Å². The highest BCUT2D eigenvalue weighted by Gasteiger charge is 2.15. The lowest BCUT2D eigenvalue weighted by molar-refractivity contribution is 1.31. The van der Waals surface area contributed by atoms with Crippen LogP contribution in [0.5, 0.6) is 0 Å². The van der Waals surface area contributed by atoms with Gasteiger partial charge in [0, 0.05) is 36.5 Å². The van der Waals surface area contributed by atoms with Crippen LogP contribution in [0, 0.1) is 0 Å². The van der Waals surface area contributed by atoms with Crippen LogP contribution in [0.4, 0.5) is 0 Å². The zero-order valence-electron chi connectivity index (χ0n) is 28.6. The predicted octanol–water partition coefficient (Wildman–Crippen LogP) is 14.1. The third-order valence-electron chi connectivity index (χ3n) is 10.7. The number of thiophene rings is 1. The van der Waals surface area contributed by atoms with Gasteiger partial charge in [0.1, 0.15) is 0 Å². The largest absolute Gasteiger partial charge is 0.252 e. The van der Waals surface area contributed by atoms with Crippen LogP contribution < -0.4 is 0 Å². The lowest BCUT2D eigenvalue weighted by atomic mass is 9.91. The van der Waals surface area contributed by atoms with Crippen molar-refractivity contribution in [1.82, 2.24) is 9.97 Å². The molecule has 2 nitrogen and oxygen atoms in total. The van der Waals surface area contributed by atoms with Crippen LogP contribution in [-0.4, -0.2) is 9.97 Å². The first kappa shape index (κ1) is 30.0. The highest BCUT2D eigenvalue weighted by molar-refractivity contribution is 7.26. The topological polar surface area (TPSA) is 25.8 Å². The average Bonchev–Trinajstić information content (AvgIpc) is 3.62. The molecule has 0 amide bonds. The zero-order valence-corrected chi connectivity index (χ0v) is 29.4. The van der Waals surface area contributed by atoms with E-state index in [4.69, 9.17) is 9.97 Å². The predicted molar refractivity (Wildman–Crippen MR) is 227 cm³/mol. The van der Waals surface area contributed by atoms with Gasteiger partial charge in [0.15, 0.2) is 0 Å². The summed E-state index contributed by atoms with van der Waals surface area (Å²) >= 11 is 1.88. The maximum Gasteiger partial charge on any atom is 0.0979 e. The van der Waals surface area contributed by atoms with Crippen molar-refractivity contribution in [2.75, 3.05) is 0 Å². The second kappa shape index (κ2) is 11.9. The Morgan fingerprint density at radius 2 is 0.849 bits per heavy atom. The maximum absolute atomic E-state index is 5.27. The quantitative estimate of drug-likeness (QED) is 0.172. The molecule has 0 unspecified atom stereocenters. The van der Waals surface area contributed by atoms with Gasteiger partial charge in [-0.05, 0) is 67.1 Å². The van der Waals surface area contributed by atoms with Crippen molar-refractivity contribution in [2.24, 2.45) is 0 Å². The molecule has 246 valence electrons. The molecule has 0 aliphatic heterocycles. The van der Waals surface area contributed by atoms with Crippen LogP contribution in [0.2, 0.25) is 0 Å². The summed E-state index contributed by atoms with van der Waals surface area (Å²) in [5.41, 5.74) is 11.1. The van der Waals surface area contributed by atoms with Crippen molar-refractivity contribution >= 4 is 74.9 Å². The van der Waals surface area contributed by atoms with Gasteiger partial charge in [0.05, 0.1) is 22.9 Å². The van der Waals surface area contributed by atoms with Gasteiger partial charge in [-0.15, -0.1) is 11.3 Å². The highest BCUT2D eigenvalue weighted by atomic mass is 32.1. The molecule has 11 aromatic rings. The third-order valence-corrected chi connectivity index (χ3v) is 11.9. The minimum absolute atomic E-state index is 0.868. The smallest absolute Gasteiger partial charge is 0.0979 e. The first-order chi connectivity index (χ1) is 26.3. The molecule has 0 radical (unpaired) electrons. The van der Waals surface area contributed by atoms with Crippen molar-refractivity contribution in [3.05, 3.63) is 182 Å². The number of benzene rings is 9. The Kier molecular flexibility index (Phi) is 6.76. The lowest BCUT2D eigenvalue weighted by Gasteiger charge is -2.13. The van der Waals surface area contributed by atoms with Crippen molar-refractivity contribution in [1.29, 1.82) is 0 Å². The fraction of sp³-hybridized carbons (Fsp3) is 0. The van der Waals surface area contributed by atoms with E-state index in [0.29, 0.717) is 0 Å². The van der Waals surface area contributed by atoms with Gasteiger partial charge in [-0.3, -0.25) is 4.98 Å². The Morgan fingerprint density at radius 1 is 0.340 bits per heavy atom. The van der Waals surface area contributed by atoms with E-state index in [1.54, 1.807) is 0 Å². The van der Waals surface area contributed by atoms with Crippen molar-refractivity contribution in [2.45, 2.75) is 0 Å². The van der Waals surface area contributed by atoms with E-state index < -0.39 is 0 Å². The Labute approximate surface area is 310 Å². The van der Waals surface area contributed by atoms with E-state index in [-0.39, 0.29) is 0 Å². The number of hydrogen-bond donors (Lipinski definition) is 0. The summed E-state index contributed by atoms with van der Waals surface area (Å²) in [5.74, 6) is 0. The Hall–Kier alpha value is -6.68. The molecular weight excluding hydrogens is 661 g/mol. The molecule has 2 heterocycles. The lowest BCUT2D eigenvalue weighted by Crippen LogP contribution is -1.92. The molecule has 0 saturated heterocycles. The van der Waals surface area contributed by atoms with E-state index in [1.165, 1.54) is 69.5 Å². The fourth-order valence-corrected chi connectivity index (χ4v) is 9.46. The number of rotatable bonds is 4. The SMILES string of the molecule is c1cc(-c2cnc3c4ccccc4c4ccccc4c3n2)cc(-c2cccc3c(-c4ccc(-c5cccc6c5sc5ccccc56)cc4)cccc23)c1. The number of hydrogen-bond acceptors (Lipinski definition) is 3. The Morgan fingerprint density at radius 3 is 1.57 bits per heavy atom. The summed E-state index contributed by atoms with van der Waals surface area (Å²) < 4.78 is 2.67. The van der Waals surface area contributed by atoms with E-state index in [9.17, 15) is 0 Å². The standard InChI is InChI=1S/C50H30N2S/c1-3-16-43-40(13-1)41-14-2-4-17-44(41)49-48(43)51-30-46(52-49)34-12-7-11-33(29-34)36-19-9-21-38-35(18-8-22-39(36)38)31-25-27-32(28-26-31)37-20-10-23-45-42-15-5-6-24-47(42)53-50(37)45/h1-30H. The van der Waals surface area contributed by atoms with E-state index >= 15 is 0 Å². The zero-order chi connectivity index (χ0) is 34.9. The van der Waals surface area contributed by atoms with Gasteiger partial charge in [-0.25, -0.2) is 4.98 Å². The third kappa shape index (κ3) is 4.78. The molecular formula is C50H30N2S. The molecule has 53 heavy (non-hydrogen) atoms. The molecule has 0 aliphatic rings. The normalized spacial score (nSPS) is 11.8. The van der Waals surface area contributed by atoms with Gasteiger partial charge in [0.2, 0.25) is 0 Å². The number of fused-ring (bicyclic) bond motifs is 10. The van der Waals surface area contributed by atoms with Gasteiger partial charge >= 0.3 is 0 Å². The van der Waals surface area contributed by atoms with Gasteiger partial charge in [-0.1, -0.05) is 164 Å². The first-order valence-corrected chi connectivity index (χ1v) is 18.8. The summed E-state index contributed by atoms with van der Waals surface area (Å²) in [7, 11) is 0. The molecule has 0 aliphatic carbocycles. The van der Waals surface area contributed by atoms with Gasteiger partial charge in [0.25, 0.3) is 0 Å². The summed E-state index contributed by atoms with van der Waals surface area (Å²) in [4.78, 5) is 10.3. The first-order valence-electron chi connectivity index (χ1n) is 18.0.